The van der Waals surface area contributed by atoms with Crippen LogP contribution in [-0.2, 0) is 4.79 Å². The summed E-state index contributed by atoms with van der Waals surface area (Å²) < 4.78 is 0. The molecule has 0 saturated heterocycles. The fourth-order valence-corrected chi connectivity index (χ4v) is 1.68. The van der Waals surface area contributed by atoms with Gasteiger partial charge in [-0.15, -0.1) is 0 Å². The summed E-state index contributed by atoms with van der Waals surface area (Å²) in [4.78, 5) is 23.7. The zero-order valence-corrected chi connectivity index (χ0v) is 8.99. The first-order valence-corrected chi connectivity index (χ1v) is 4.89. The zero-order chi connectivity index (χ0) is 11.4. The third kappa shape index (κ3) is 3.61. The van der Waals surface area contributed by atoms with Gasteiger partial charge in [-0.1, -0.05) is 0 Å². The summed E-state index contributed by atoms with van der Waals surface area (Å²) in [5, 5.41) is 11.0. The van der Waals surface area contributed by atoms with Crippen LogP contribution in [0.2, 0.25) is 0 Å². The number of Topliss-reactive ketones (excluding diaryl/α,β-unsaturated/α-hetero) is 1. The molecule has 2 N–H and O–H groups in total. The molecule has 84 valence electrons. The van der Waals surface area contributed by atoms with Crippen molar-refractivity contribution >= 4 is 11.9 Å². The molecule has 1 fully saturated rings. The quantitative estimate of drug-likeness (QED) is 0.665. The molecule has 0 radical (unpaired) electrons. The van der Waals surface area contributed by atoms with Crippen LogP contribution in [0.5, 0.6) is 0 Å². The fraction of sp³-hybridized carbons (Fsp3) is 0.600. The van der Waals surface area contributed by atoms with Gasteiger partial charge in [-0.25, -0.2) is 4.79 Å². The molecule has 1 aliphatic carbocycles. The van der Waals surface area contributed by atoms with E-state index in [1.54, 1.807) is 11.1 Å². The molecular weight excluding hydrogens is 196 g/mol. The molecule has 1 unspecified atom stereocenters. The van der Waals surface area contributed by atoms with E-state index < -0.39 is 6.09 Å². The Balaban J connectivity index is 2.64. The SMILES string of the molecule is CN(C)C=C1CC(NC(=O)O)CCC1=O. The summed E-state index contributed by atoms with van der Waals surface area (Å²) in [5.74, 6) is 0.118. The second-order valence-electron chi connectivity index (χ2n) is 3.93. The molecule has 5 heteroatoms. The van der Waals surface area contributed by atoms with Gasteiger partial charge in [0.25, 0.3) is 0 Å². The molecule has 1 saturated carbocycles. The Morgan fingerprint density at radius 2 is 2.27 bits per heavy atom. The Bertz CT molecular complexity index is 297. The zero-order valence-electron chi connectivity index (χ0n) is 8.99. The first kappa shape index (κ1) is 11.6. The molecule has 1 atom stereocenters. The van der Waals surface area contributed by atoms with Gasteiger partial charge in [-0.3, -0.25) is 4.79 Å². The van der Waals surface area contributed by atoms with Gasteiger partial charge < -0.3 is 15.3 Å². The second kappa shape index (κ2) is 4.82. The summed E-state index contributed by atoms with van der Waals surface area (Å²) in [5.41, 5.74) is 0.699. The van der Waals surface area contributed by atoms with Crippen LogP contribution in [0.3, 0.4) is 0 Å². The minimum atomic E-state index is -1.03. The topological polar surface area (TPSA) is 69.6 Å². The van der Waals surface area contributed by atoms with Crippen molar-refractivity contribution in [3.63, 3.8) is 0 Å². The van der Waals surface area contributed by atoms with Crippen molar-refractivity contribution in [3.05, 3.63) is 11.8 Å². The molecule has 0 aromatic heterocycles. The van der Waals surface area contributed by atoms with Crippen molar-refractivity contribution in [2.45, 2.75) is 25.3 Å². The number of hydrogen-bond acceptors (Lipinski definition) is 3. The highest BCUT2D eigenvalue weighted by Crippen LogP contribution is 2.20. The lowest BCUT2D eigenvalue weighted by molar-refractivity contribution is -0.116. The molecule has 0 spiro atoms. The number of hydrogen-bond donors (Lipinski definition) is 2. The lowest BCUT2D eigenvalue weighted by Crippen LogP contribution is -2.37. The van der Waals surface area contributed by atoms with E-state index in [4.69, 9.17) is 5.11 Å². The van der Waals surface area contributed by atoms with Gasteiger partial charge in [0.2, 0.25) is 0 Å². The molecular formula is C10H16N2O3. The van der Waals surface area contributed by atoms with Crippen molar-refractivity contribution < 1.29 is 14.7 Å². The Labute approximate surface area is 88.8 Å². The van der Waals surface area contributed by atoms with E-state index in [1.165, 1.54) is 0 Å². The van der Waals surface area contributed by atoms with Gasteiger partial charge in [0.05, 0.1) is 0 Å². The van der Waals surface area contributed by atoms with E-state index >= 15 is 0 Å². The van der Waals surface area contributed by atoms with Gasteiger partial charge in [0, 0.05) is 38.3 Å². The third-order valence-corrected chi connectivity index (χ3v) is 2.29. The highest BCUT2D eigenvalue weighted by molar-refractivity contribution is 5.96. The van der Waals surface area contributed by atoms with E-state index in [1.807, 2.05) is 14.1 Å². The molecule has 0 heterocycles. The van der Waals surface area contributed by atoms with Crippen LogP contribution < -0.4 is 5.32 Å². The largest absolute Gasteiger partial charge is 0.465 e. The first-order valence-electron chi connectivity index (χ1n) is 4.89. The van der Waals surface area contributed by atoms with Crippen LogP contribution in [0.4, 0.5) is 4.79 Å². The van der Waals surface area contributed by atoms with Crippen molar-refractivity contribution in [3.8, 4) is 0 Å². The second-order valence-corrected chi connectivity index (χ2v) is 3.93. The molecule has 0 aromatic carbocycles. The lowest BCUT2D eigenvalue weighted by atomic mass is 9.90. The van der Waals surface area contributed by atoms with Crippen LogP contribution in [0.25, 0.3) is 0 Å². The lowest BCUT2D eigenvalue weighted by Gasteiger charge is -2.23. The Hall–Kier alpha value is -1.52. The molecule has 0 bridgehead atoms. The molecule has 1 rings (SSSR count). The Morgan fingerprint density at radius 1 is 1.60 bits per heavy atom. The van der Waals surface area contributed by atoms with Gasteiger partial charge >= 0.3 is 6.09 Å². The number of amides is 1. The summed E-state index contributed by atoms with van der Waals surface area (Å²) in [6, 6.07) is -0.133. The maximum Gasteiger partial charge on any atom is 0.404 e. The Kier molecular flexibility index (Phi) is 3.71. The van der Waals surface area contributed by atoms with Crippen molar-refractivity contribution in [2.75, 3.05) is 14.1 Å². The van der Waals surface area contributed by atoms with Crippen molar-refractivity contribution in [1.82, 2.24) is 10.2 Å². The molecule has 1 aliphatic rings. The monoisotopic (exact) mass is 212 g/mol. The highest BCUT2D eigenvalue weighted by atomic mass is 16.4. The number of carbonyl (C=O) groups excluding carboxylic acids is 1. The van der Waals surface area contributed by atoms with Gasteiger partial charge in [0.15, 0.2) is 5.78 Å². The summed E-state index contributed by atoms with van der Waals surface area (Å²) in [7, 11) is 3.68. The Morgan fingerprint density at radius 3 is 2.80 bits per heavy atom. The summed E-state index contributed by atoms with van der Waals surface area (Å²) in [6.07, 6.45) is 2.24. The standard InChI is InChI=1S/C10H16N2O3/c1-12(2)6-7-5-8(11-10(14)15)3-4-9(7)13/h6,8,11H,3-5H2,1-2H3,(H,14,15). The van der Waals surface area contributed by atoms with E-state index in [-0.39, 0.29) is 11.8 Å². The minimum absolute atomic E-state index is 0.118. The summed E-state index contributed by atoms with van der Waals surface area (Å²) in [6.45, 7) is 0. The molecule has 1 amide bonds. The predicted molar refractivity (Wildman–Crippen MR) is 55.6 cm³/mol. The van der Waals surface area contributed by atoms with E-state index in [2.05, 4.69) is 5.32 Å². The maximum atomic E-state index is 11.5. The third-order valence-electron chi connectivity index (χ3n) is 2.29. The average Bonchev–Trinajstić information content (AvgIpc) is 2.09. The first-order chi connectivity index (χ1) is 6.99. The van der Waals surface area contributed by atoms with Crippen LogP contribution in [0.15, 0.2) is 11.8 Å². The highest BCUT2D eigenvalue weighted by Gasteiger charge is 2.24. The van der Waals surface area contributed by atoms with E-state index in [0.29, 0.717) is 24.8 Å². The van der Waals surface area contributed by atoms with E-state index in [0.717, 1.165) is 0 Å². The van der Waals surface area contributed by atoms with Crippen LogP contribution in [0, 0.1) is 0 Å². The molecule has 15 heavy (non-hydrogen) atoms. The normalized spacial score (nSPS) is 24.0. The van der Waals surface area contributed by atoms with Crippen LogP contribution in [0.1, 0.15) is 19.3 Å². The van der Waals surface area contributed by atoms with E-state index in [9.17, 15) is 9.59 Å². The number of carboxylic acid groups (broad SMARTS) is 1. The molecule has 5 nitrogen and oxygen atoms in total. The smallest absolute Gasteiger partial charge is 0.404 e. The fourth-order valence-electron chi connectivity index (χ4n) is 1.68. The number of nitrogens with one attached hydrogen (secondary N) is 1. The molecule has 0 aromatic rings. The number of carbonyl (C=O) groups is 2. The van der Waals surface area contributed by atoms with Crippen LogP contribution >= 0.6 is 0 Å². The van der Waals surface area contributed by atoms with Crippen molar-refractivity contribution in [2.24, 2.45) is 0 Å². The van der Waals surface area contributed by atoms with Gasteiger partial charge in [-0.05, 0) is 12.8 Å². The number of nitrogens with zero attached hydrogens (tertiary/aromatic N) is 1. The number of rotatable bonds is 2. The summed E-state index contributed by atoms with van der Waals surface area (Å²) >= 11 is 0. The minimum Gasteiger partial charge on any atom is -0.465 e. The molecule has 0 aliphatic heterocycles. The van der Waals surface area contributed by atoms with Crippen molar-refractivity contribution in [1.29, 1.82) is 0 Å². The number of ketones is 1. The average molecular weight is 212 g/mol. The predicted octanol–water partition coefficient (Wildman–Crippen LogP) is 0.821. The van der Waals surface area contributed by atoms with Gasteiger partial charge in [0.1, 0.15) is 0 Å². The van der Waals surface area contributed by atoms with Gasteiger partial charge in [-0.2, -0.15) is 0 Å². The maximum absolute atomic E-state index is 11.5. The van der Waals surface area contributed by atoms with Crippen LogP contribution in [-0.4, -0.2) is 42.0 Å².